The number of halogens is 2. The zero-order valence-electron chi connectivity index (χ0n) is 11.7. The summed E-state index contributed by atoms with van der Waals surface area (Å²) >= 11 is 0. The molecule has 2 unspecified atom stereocenters. The number of nitrogens with one attached hydrogen (secondary N) is 1. The fourth-order valence-corrected chi connectivity index (χ4v) is 2.71. The maximum atomic E-state index is 13.9. The summed E-state index contributed by atoms with van der Waals surface area (Å²) in [4.78, 5) is 4.41. The molecule has 1 fully saturated rings. The Kier molecular flexibility index (Phi) is 4.50. The van der Waals surface area contributed by atoms with E-state index in [2.05, 4.69) is 22.2 Å². The van der Waals surface area contributed by atoms with Crippen LogP contribution in [0.2, 0.25) is 0 Å². The van der Waals surface area contributed by atoms with E-state index in [-0.39, 0.29) is 17.9 Å². The molecule has 2 rings (SSSR count). The van der Waals surface area contributed by atoms with Gasteiger partial charge in [0.2, 0.25) is 0 Å². The van der Waals surface area contributed by atoms with Crippen molar-refractivity contribution >= 4 is 0 Å². The minimum Gasteiger partial charge on any atom is -0.312 e. The summed E-state index contributed by atoms with van der Waals surface area (Å²) in [7, 11) is 5.87. The molecule has 1 heterocycles. The quantitative estimate of drug-likeness (QED) is 0.896. The zero-order chi connectivity index (χ0) is 14.0. The van der Waals surface area contributed by atoms with Crippen molar-refractivity contribution < 1.29 is 8.78 Å². The van der Waals surface area contributed by atoms with Gasteiger partial charge in [-0.05, 0) is 39.3 Å². The van der Waals surface area contributed by atoms with Crippen LogP contribution in [-0.2, 0) is 0 Å². The molecular formula is C14H21F2N3. The Hall–Kier alpha value is -1.04. The second-order valence-corrected chi connectivity index (χ2v) is 5.24. The molecule has 2 atom stereocenters. The van der Waals surface area contributed by atoms with E-state index in [4.69, 9.17) is 0 Å². The van der Waals surface area contributed by atoms with Gasteiger partial charge in [-0.3, -0.25) is 4.90 Å². The highest BCUT2D eigenvalue weighted by atomic mass is 19.1. The lowest BCUT2D eigenvalue weighted by molar-refractivity contribution is 0.0887. The molecule has 0 aromatic heterocycles. The third kappa shape index (κ3) is 3.11. The Morgan fingerprint density at radius 1 is 1.26 bits per heavy atom. The Balaban J connectivity index is 2.30. The van der Waals surface area contributed by atoms with Crippen LogP contribution in [0.15, 0.2) is 18.2 Å². The van der Waals surface area contributed by atoms with Crippen molar-refractivity contribution in [3.05, 3.63) is 35.4 Å². The van der Waals surface area contributed by atoms with E-state index >= 15 is 0 Å². The maximum absolute atomic E-state index is 13.9. The molecule has 0 saturated carbocycles. The number of likely N-dealkylation sites (N-methyl/N-ethyl adjacent to an activating group) is 3. The van der Waals surface area contributed by atoms with Gasteiger partial charge in [0.25, 0.3) is 0 Å². The number of rotatable bonds is 3. The van der Waals surface area contributed by atoms with Crippen molar-refractivity contribution in [3.8, 4) is 0 Å². The highest BCUT2D eigenvalue weighted by molar-refractivity contribution is 5.24. The van der Waals surface area contributed by atoms with Crippen LogP contribution in [0, 0.1) is 11.6 Å². The van der Waals surface area contributed by atoms with Crippen molar-refractivity contribution in [2.24, 2.45) is 0 Å². The first-order valence-corrected chi connectivity index (χ1v) is 6.54. The second-order valence-electron chi connectivity index (χ2n) is 5.24. The first-order chi connectivity index (χ1) is 9.02. The van der Waals surface area contributed by atoms with Gasteiger partial charge in [0.1, 0.15) is 11.6 Å². The standard InChI is InChI=1S/C14H21F2N3/c1-17-14(11-8-10(15)4-5-12(11)16)13-9-18(2)6-7-19(13)3/h4-5,8,13-14,17H,6-7,9H2,1-3H3. The van der Waals surface area contributed by atoms with Gasteiger partial charge in [-0.2, -0.15) is 0 Å². The minimum atomic E-state index is -0.400. The molecule has 19 heavy (non-hydrogen) atoms. The second kappa shape index (κ2) is 5.94. The van der Waals surface area contributed by atoms with E-state index in [1.165, 1.54) is 12.1 Å². The molecule has 1 aliphatic heterocycles. The zero-order valence-corrected chi connectivity index (χ0v) is 11.7. The Morgan fingerprint density at radius 3 is 2.68 bits per heavy atom. The number of hydrogen-bond acceptors (Lipinski definition) is 3. The number of benzene rings is 1. The van der Waals surface area contributed by atoms with Gasteiger partial charge < -0.3 is 10.2 Å². The molecule has 0 bridgehead atoms. The molecule has 1 aromatic rings. The average Bonchev–Trinajstić information content (AvgIpc) is 2.38. The third-order valence-corrected chi connectivity index (χ3v) is 3.89. The Bertz CT molecular complexity index is 439. The highest BCUT2D eigenvalue weighted by Gasteiger charge is 2.31. The molecule has 1 aromatic carbocycles. The lowest BCUT2D eigenvalue weighted by Gasteiger charge is -2.42. The van der Waals surface area contributed by atoms with Gasteiger partial charge in [0.15, 0.2) is 0 Å². The van der Waals surface area contributed by atoms with Crippen LogP contribution in [0.5, 0.6) is 0 Å². The van der Waals surface area contributed by atoms with Crippen LogP contribution >= 0.6 is 0 Å². The monoisotopic (exact) mass is 269 g/mol. The molecule has 0 aliphatic carbocycles. The largest absolute Gasteiger partial charge is 0.312 e. The normalized spacial score (nSPS) is 23.5. The first-order valence-electron chi connectivity index (χ1n) is 6.54. The van der Waals surface area contributed by atoms with Crippen LogP contribution in [0.25, 0.3) is 0 Å². The Labute approximate surface area is 113 Å². The van der Waals surface area contributed by atoms with E-state index < -0.39 is 5.82 Å². The van der Waals surface area contributed by atoms with E-state index in [1.54, 1.807) is 7.05 Å². The molecule has 0 amide bonds. The van der Waals surface area contributed by atoms with Gasteiger partial charge >= 0.3 is 0 Å². The van der Waals surface area contributed by atoms with Crippen LogP contribution in [0.3, 0.4) is 0 Å². The lowest BCUT2D eigenvalue weighted by Crippen LogP contribution is -2.54. The summed E-state index contributed by atoms with van der Waals surface area (Å²) in [6.07, 6.45) is 0. The van der Waals surface area contributed by atoms with Crippen LogP contribution in [-0.4, -0.2) is 56.6 Å². The summed E-state index contributed by atoms with van der Waals surface area (Å²) in [5, 5.41) is 3.13. The molecule has 1 aliphatic rings. The minimum absolute atomic E-state index is 0.125. The average molecular weight is 269 g/mol. The molecular weight excluding hydrogens is 248 g/mol. The molecule has 1 N–H and O–H groups in total. The van der Waals surface area contributed by atoms with Crippen molar-refractivity contribution in [1.29, 1.82) is 0 Å². The Morgan fingerprint density at radius 2 is 2.00 bits per heavy atom. The number of hydrogen-bond donors (Lipinski definition) is 1. The van der Waals surface area contributed by atoms with Crippen LogP contribution < -0.4 is 5.32 Å². The SMILES string of the molecule is CNC(c1cc(F)ccc1F)C1CN(C)CCN1C. The van der Waals surface area contributed by atoms with Gasteiger partial charge in [0.05, 0.1) is 6.04 Å². The van der Waals surface area contributed by atoms with Crippen LogP contribution in [0.4, 0.5) is 8.78 Å². The van der Waals surface area contributed by atoms with E-state index in [9.17, 15) is 8.78 Å². The highest BCUT2D eigenvalue weighted by Crippen LogP contribution is 2.25. The summed E-state index contributed by atoms with van der Waals surface area (Å²) in [6, 6.07) is 3.55. The molecule has 1 saturated heterocycles. The summed E-state index contributed by atoms with van der Waals surface area (Å²) < 4.78 is 27.3. The third-order valence-electron chi connectivity index (χ3n) is 3.89. The fraction of sp³-hybridized carbons (Fsp3) is 0.571. The van der Waals surface area contributed by atoms with Crippen molar-refractivity contribution in [1.82, 2.24) is 15.1 Å². The molecule has 3 nitrogen and oxygen atoms in total. The smallest absolute Gasteiger partial charge is 0.128 e. The summed E-state index contributed by atoms with van der Waals surface area (Å²) in [5.41, 5.74) is 0.398. The van der Waals surface area contributed by atoms with E-state index in [1.807, 2.05) is 7.05 Å². The summed E-state index contributed by atoms with van der Waals surface area (Å²) in [5.74, 6) is -0.758. The van der Waals surface area contributed by atoms with Crippen molar-refractivity contribution in [2.75, 3.05) is 40.8 Å². The molecule has 106 valence electrons. The van der Waals surface area contributed by atoms with Gasteiger partial charge in [-0.15, -0.1) is 0 Å². The summed E-state index contributed by atoms with van der Waals surface area (Å²) in [6.45, 7) is 2.75. The molecule has 0 spiro atoms. The van der Waals surface area contributed by atoms with Gasteiger partial charge in [-0.25, -0.2) is 8.78 Å². The van der Waals surface area contributed by atoms with Gasteiger partial charge in [0, 0.05) is 31.2 Å². The van der Waals surface area contributed by atoms with Gasteiger partial charge in [-0.1, -0.05) is 0 Å². The fourth-order valence-electron chi connectivity index (χ4n) is 2.71. The predicted molar refractivity (Wildman–Crippen MR) is 72.1 cm³/mol. The van der Waals surface area contributed by atoms with Crippen LogP contribution in [0.1, 0.15) is 11.6 Å². The van der Waals surface area contributed by atoms with E-state index in [0.717, 1.165) is 25.7 Å². The first kappa shape index (κ1) is 14.4. The topological polar surface area (TPSA) is 18.5 Å². The lowest BCUT2D eigenvalue weighted by atomic mass is 9.96. The van der Waals surface area contributed by atoms with E-state index in [0.29, 0.717) is 5.56 Å². The predicted octanol–water partition coefficient (Wildman–Crippen LogP) is 1.47. The number of piperazine rings is 1. The van der Waals surface area contributed by atoms with Crippen molar-refractivity contribution in [2.45, 2.75) is 12.1 Å². The molecule has 5 heteroatoms. The maximum Gasteiger partial charge on any atom is 0.128 e. The van der Waals surface area contributed by atoms with Crippen molar-refractivity contribution in [3.63, 3.8) is 0 Å². The number of nitrogens with zero attached hydrogens (tertiary/aromatic N) is 2. The molecule has 0 radical (unpaired) electrons.